The quantitative estimate of drug-likeness (QED) is 0.492. The van der Waals surface area contributed by atoms with Crippen LogP contribution in [0.4, 0.5) is 0 Å². The summed E-state index contributed by atoms with van der Waals surface area (Å²) < 4.78 is 24.9. The van der Waals surface area contributed by atoms with E-state index in [-0.39, 0.29) is 6.61 Å². The van der Waals surface area contributed by atoms with Crippen molar-refractivity contribution in [1.29, 1.82) is 0 Å². The van der Waals surface area contributed by atoms with Gasteiger partial charge in [0.1, 0.15) is 0 Å². The summed E-state index contributed by atoms with van der Waals surface area (Å²) in [5.41, 5.74) is 0. The third kappa shape index (κ3) is 4.69. The van der Waals surface area contributed by atoms with Crippen LogP contribution in [-0.4, -0.2) is 62.0 Å². The van der Waals surface area contributed by atoms with Crippen LogP contribution in [-0.2, 0) is 42.9 Å². The fraction of sp³-hybridized carbons (Fsp3) is 0.692. The van der Waals surface area contributed by atoms with Gasteiger partial charge < -0.3 is 23.7 Å². The smallest absolute Gasteiger partial charge is 0.339 e. The molecule has 1 fully saturated rings. The Morgan fingerprint density at radius 3 is 1.82 bits per heavy atom. The molecule has 0 N–H and O–H groups in total. The third-order valence-electron chi connectivity index (χ3n) is 2.78. The molecule has 0 unspecified atom stereocenters. The molecule has 0 saturated carbocycles. The van der Waals surface area contributed by atoms with E-state index in [9.17, 15) is 19.2 Å². The van der Waals surface area contributed by atoms with Crippen molar-refractivity contribution < 1.29 is 42.9 Å². The molecule has 0 aliphatic carbocycles. The Balaban J connectivity index is 3.09. The summed E-state index contributed by atoms with van der Waals surface area (Å²) in [5, 5.41) is 0. The van der Waals surface area contributed by atoms with Crippen LogP contribution < -0.4 is 0 Å². The molecule has 1 heterocycles. The Morgan fingerprint density at radius 2 is 1.36 bits per heavy atom. The lowest BCUT2D eigenvalue weighted by atomic mass is 9.99. The molecule has 1 saturated heterocycles. The van der Waals surface area contributed by atoms with Crippen molar-refractivity contribution in [3.05, 3.63) is 0 Å². The van der Waals surface area contributed by atoms with Crippen molar-refractivity contribution in [2.45, 2.75) is 45.2 Å². The van der Waals surface area contributed by atoms with E-state index in [2.05, 4.69) is 4.74 Å². The zero-order valence-electron chi connectivity index (χ0n) is 12.7. The lowest BCUT2D eigenvalue weighted by Gasteiger charge is -2.39. The molecule has 4 atom stereocenters. The van der Waals surface area contributed by atoms with Gasteiger partial charge in [0.25, 0.3) is 0 Å². The van der Waals surface area contributed by atoms with Gasteiger partial charge in [0.2, 0.25) is 0 Å². The van der Waals surface area contributed by atoms with Crippen LogP contribution in [0.1, 0.15) is 20.8 Å². The fourth-order valence-electron chi connectivity index (χ4n) is 2.06. The molecule has 0 aromatic heterocycles. The fourth-order valence-corrected chi connectivity index (χ4v) is 2.06. The molecule has 0 spiro atoms. The Hall–Kier alpha value is -2.16. The lowest BCUT2D eigenvalue weighted by molar-refractivity contribution is -0.229. The standard InChI is InChI=1S/C13H18O9/c1-6(14)20-9-5-19-12(13(17)18-4)11(22-8(3)16)10(9)21-7(2)15/h9-12H,5H2,1-4H3/t9-,10-,11+,12+/m0/s1. The summed E-state index contributed by atoms with van der Waals surface area (Å²) >= 11 is 0. The summed E-state index contributed by atoms with van der Waals surface area (Å²) in [6.07, 6.45) is -4.76. The molecule has 0 aromatic carbocycles. The minimum atomic E-state index is -1.29. The maximum absolute atomic E-state index is 11.7. The van der Waals surface area contributed by atoms with E-state index in [1.54, 1.807) is 0 Å². The topological polar surface area (TPSA) is 114 Å². The molecule has 9 heteroatoms. The molecule has 1 aliphatic heterocycles. The molecule has 124 valence electrons. The van der Waals surface area contributed by atoms with E-state index in [0.717, 1.165) is 27.9 Å². The minimum absolute atomic E-state index is 0.213. The summed E-state index contributed by atoms with van der Waals surface area (Å²) in [5.74, 6) is -2.85. The van der Waals surface area contributed by atoms with Gasteiger partial charge in [-0.15, -0.1) is 0 Å². The highest BCUT2D eigenvalue weighted by Gasteiger charge is 2.50. The van der Waals surface area contributed by atoms with Crippen LogP contribution in [0.3, 0.4) is 0 Å². The molecule has 0 radical (unpaired) electrons. The van der Waals surface area contributed by atoms with Gasteiger partial charge in [-0.25, -0.2) is 4.79 Å². The first-order chi connectivity index (χ1) is 10.3. The Labute approximate surface area is 126 Å². The first-order valence-electron chi connectivity index (χ1n) is 6.47. The maximum atomic E-state index is 11.7. The number of hydrogen-bond acceptors (Lipinski definition) is 9. The van der Waals surface area contributed by atoms with Crippen molar-refractivity contribution >= 4 is 23.9 Å². The average Bonchev–Trinajstić information content (AvgIpc) is 2.40. The van der Waals surface area contributed by atoms with E-state index in [1.165, 1.54) is 0 Å². The predicted molar refractivity (Wildman–Crippen MR) is 68.4 cm³/mol. The monoisotopic (exact) mass is 318 g/mol. The zero-order valence-corrected chi connectivity index (χ0v) is 12.7. The largest absolute Gasteiger partial charge is 0.467 e. The number of carbonyl (C=O) groups is 4. The lowest BCUT2D eigenvalue weighted by Crippen LogP contribution is -2.59. The Morgan fingerprint density at radius 1 is 0.864 bits per heavy atom. The highest BCUT2D eigenvalue weighted by molar-refractivity contribution is 5.77. The van der Waals surface area contributed by atoms with E-state index >= 15 is 0 Å². The van der Waals surface area contributed by atoms with Gasteiger partial charge in [0.15, 0.2) is 24.4 Å². The summed E-state index contributed by atoms with van der Waals surface area (Å²) in [7, 11) is 1.13. The second-order valence-electron chi connectivity index (χ2n) is 4.57. The Kier molecular flexibility index (Phi) is 6.29. The van der Waals surface area contributed by atoms with Crippen molar-refractivity contribution in [1.82, 2.24) is 0 Å². The number of methoxy groups -OCH3 is 1. The van der Waals surface area contributed by atoms with Crippen LogP contribution in [0.5, 0.6) is 0 Å². The van der Waals surface area contributed by atoms with Gasteiger partial charge >= 0.3 is 23.9 Å². The number of ether oxygens (including phenoxy) is 5. The molecule has 0 aromatic rings. The van der Waals surface area contributed by atoms with Crippen molar-refractivity contribution in [3.8, 4) is 0 Å². The van der Waals surface area contributed by atoms with Crippen molar-refractivity contribution in [2.24, 2.45) is 0 Å². The van der Waals surface area contributed by atoms with E-state index in [1.807, 2.05) is 0 Å². The van der Waals surface area contributed by atoms with Gasteiger partial charge in [0.05, 0.1) is 13.7 Å². The van der Waals surface area contributed by atoms with E-state index in [4.69, 9.17) is 18.9 Å². The number of esters is 4. The first-order valence-corrected chi connectivity index (χ1v) is 6.47. The van der Waals surface area contributed by atoms with Gasteiger partial charge in [-0.3, -0.25) is 14.4 Å². The van der Waals surface area contributed by atoms with Crippen LogP contribution in [0.2, 0.25) is 0 Å². The predicted octanol–water partition coefficient (Wildman–Crippen LogP) is -0.647. The van der Waals surface area contributed by atoms with Crippen LogP contribution in [0, 0.1) is 0 Å². The third-order valence-corrected chi connectivity index (χ3v) is 2.78. The minimum Gasteiger partial charge on any atom is -0.467 e. The van der Waals surface area contributed by atoms with Crippen molar-refractivity contribution in [2.75, 3.05) is 13.7 Å². The zero-order chi connectivity index (χ0) is 16.9. The molecule has 1 aliphatic rings. The van der Waals surface area contributed by atoms with E-state index in [0.29, 0.717) is 0 Å². The molecular formula is C13H18O9. The highest BCUT2D eigenvalue weighted by atomic mass is 16.7. The van der Waals surface area contributed by atoms with Crippen LogP contribution >= 0.6 is 0 Å². The normalized spacial score (nSPS) is 27.5. The van der Waals surface area contributed by atoms with Gasteiger partial charge in [0, 0.05) is 20.8 Å². The van der Waals surface area contributed by atoms with Crippen LogP contribution in [0.15, 0.2) is 0 Å². The summed E-state index contributed by atoms with van der Waals surface area (Å²) in [6, 6.07) is 0. The van der Waals surface area contributed by atoms with Crippen molar-refractivity contribution in [3.63, 3.8) is 0 Å². The van der Waals surface area contributed by atoms with Gasteiger partial charge in [-0.1, -0.05) is 0 Å². The first kappa shape index (κ1) is 17.9. The van der Waals surface area contributed by atoms with Gasteiger partial charge in [-0.05, 0) is 0 Å². The summed E-state index contributed by atoms with van der Waals surface area (Å²) in [4.78, 5) is 45.4. The molecule has 1 rings (SSSR count). The Bertz CT molecular complexity index is 458. The highest BCUT2D eigenvalue weighted by Crippen LogP contribution is 2.25. The second kappa shape index (κ2) is 7.74. The maximum Gasteiger partial charge on any atom is 0.339 e. The number of rotatable bonds is 4. The second-order valence-corrected chi connectivity index (χ2v) is 4.57. The molecule has 0 bridgehead atoms. The van der Waals surface area contributed by atoms with Gasteiger partial charge in [-0.2, -0.15) is 0 Å². The average molecular weight is 318 g/mol. The number of hydrogen-bond donors (Lipinski definition) is 0. The number of carbonyl (C=O) groups excluding carboxylic acids is 4. The molecule has 9 nitrogen and oxygen atoms in total. The molecule has 22 heavy (non-hydrogen) atoms. The van der Waals surface area contributed by atoms with Crippen LogP contribution in [0.25, 0.3) is 0 Å². The van der Waals surface area contributed by atoms with E-state index < -0.39 is 48.3 Å². The molecule has 0 amide bonds. The SMILES string of the molecule is COC(=O)[C@@H]1OC[C@H](OC(C)=O)[C@H](OC(C)=O)[C@H]1OC(C)=O. The summed E-state index contributed by atoms with van der Waals surface area (Å²) in [6.45, 7) is 3.21. The molecular weight excluding hydrogens is 300 g/mol.